The highest BCUT2D eigenvalue weighted by molar-refractivity contribution is 6.22. The third-order valence-corrected chi connectivity index (χ3v) is 17.4. The van der Waals surface area contributed by atoms with Crippen LogP contribution in [0.15, 0.2) is 200 Å². The molecule has 4 heterocycles. The summed E-state index contributed by atoms with van der Waals surface area (Å²) in [5, 5.41) is 7.98. The number of para-hydroxylation sites is 2. The Hall–Kier alpha value is -8.67. The van der Waals surface area contributed by atoms with E-state index < -0.39 is 31.4 Å². The predicted molar refractivity (Wildman–Crippen MR) is 364 cm³/mol. The highest BCUT2D eigenvalue weighted by Crippen LogP contribution is 2.48. The Morgan fingerprint density at radius 2 is 0.906 bits per heavy atom. The largest absolute Gasteiger partial charge is 0.457 e. The van der Waals surface area contributed by atoms with Crippen LogP contribution in [0.5, 0.6) is 11.5 Å². The molecule has 1 aliphatic rings. The van der Waals surface area contributed by atoms with E-state index in [9.17, 15) is 0 Å². The molecule has 3 aromatic heterocycles. The van der Waals surface area contributed by atoms with Gasteiger partial charge in [0.05, 0.1) is 27.8 Å². The van der Waals surface area contributed by atoms with Gasteiger partial charge in [-0.25, -0.2) is 4.98 Å². The maximum atomic E-state index is 9.09. The van der Waals surface area contributed by atoms with E-state index in [1.807, 2.05) is 51.2 Å². The van der Waals surface area contributed by atoms with Gasteiger partial charge in [0.1, 0.15) is 24.0 Å². The van der Waals surface area contributed by atoms with Crippen LogP contribution in [-0.4, -0.2) is 14.1 Å². The summed E-state index contributed by atoms with van der Waals surface area (Å²) in [5.41, 5.74) is 7.53. The van der Waals surface area contributed by atoms with E-state index in [1.165, 1.54) is 11.6 Å². The Morgan fingerprint density at radius 3 is 1.53 bits per heavy atom. The summed E-state index contributed by atoms with van der Waals surface area (Å²) in [6.45, 7) is 15.6. The minimum atomic E-state index is -3.52. The minimum absolute atomic E-state index is 0.0920. The van der Waals surface area contributed by atoms with Gasteiger partial charge in [-0.15, -0.1) is 0 Å². The van der Waals surface area contributed by atoms with Gasteiger partial charge in [0.2, 0.25) is 0 Å². The molecule has 0 radical (unpaired) electrons. The molecule has 0 bridgehead atoms. The summed E-state index contributed by atoms with van der Waals surface area (Å²) in [4.78, 5) is 7.22. The number of pyridine rings is 1. The van der Waals surface area contributed by atoms with Gasteiger partial charge in [-0.3, -0.25) is 4.57 Å². The molecule has 13 rings (SSSR count). The van der Waals surface area contributed by atoms with Gasteiger partial charge in [-0.2, -0.15) is 0 Å². The summed E-state index contributed by atoms with van der Waals surface area (Å²) in [6, 6.07) is 66.7. The number of aromatic nitrogens is 3. The van der Waals surface area contributed by atoms with Gasteiger partial charge in [-0.05, 0) is 154 Å². The van der Waals surface area contributed by atoms with Crippen LogP contribution in [0.4, 0.5) is 11.4 Å². The second-order valence-electron chi connectivity index (χ2n) is 27.6. The van der Waals surface area contributed by atoms with Gasteiger partial charge >= 0.3 is 0 Å². The van der Waals surface area contributed by atoms with Crippen molar-refractivity contribution in [2.24, 2.45) is 0 Å². The lowest BCUT2D eigenvalue weighted by Crippen LogP contribution is -2.17. The molecule has 0 atom stereocenters. The molecule has 0 N–H and O–H groups in total. The van der Waals surface area contributed by atoms with E-state index >= 15 is 0 Å². The average Bonchev–Trinajstić information content (AvgIpc) is 0.798. The molecule has 0 fully saturated rings. The highest BCUT2D eigenvalue weighted by atomic mass is 16.5. The average molecular weight is 1120 g/mol. The maximum absolute atomic E-state index is 9.09. The van der Waals surface area contributed by atoms with Gasteiger partial charge in [0.25, 0.3) is 0 Å². The summed E-state index contributed by atoms with van der Waals surface area (Å²) in [6.07, 6.45) is 1.89. The van der Waals surface area contributed by atoms with Crippen molar-refractivity contribution in [3.8, 4) is 39.6 Å². The van der Waals surface area contributed by atoms with Crippen LogP contribution in [0.2, 0.25) is 0 Å². The number of nitrogens with zero attached hydrogens (tertiary/aromatic N) is 4. The smallest absolute Gasteiger partial charge is 0.137 e. The molecule has 85 heavy (non-hydrogen) atoms. The molecule has 12 aromatic rings. The van der Waals surface area contributed by atoms with Crippen LogP contribution in [-0.2, 0) is 33.7 Å². The molecule has 0 spiro atoms. The Balaban J connectivity index is 1.11. The van der Waals surface area contributed by atoms with Crippen LogP contribution >= 0.6 is 0 Å². The van der Waals surface area contributed by atoms with E-state index in [0.29, 0.717) is 28.2 Å². The van der Waals surface area contributed by atoms with E-state index in [-0.39, 0.29) is 28.5 Å². The molecule has 426 valence electrons. The summed E-state index contributed by atoms with van der Waals surface area (Å²) < 4.78 is 93.3. The molecule has 9 aromatic carbocycles. The second-order valence-corrected chi connectivity index (χ2v) is 27.6. The third-order valence-electron chi connectivity index (χ3n) is 17.4. The number of benzene rings is 9. The van der Waals surface area contributed by atoms with Gasteiger partial charge in [-0.1, -0.05) is 225 Å². The van der Waals surface area contributed by atoms with E-state index in [0.717, 1.165) is 105 Å². The number of hydrogen-bond donors (Lipinski definition) is 0. The lowest BCUT2D eigenvalue weighted by atomic mass is 9.78. The molecule has 0 unspecified atom stereocenters. The summed E-state index contributed by atoms with van der Waals surface area (Å²) in [7, 11) is 0. The molecule has 5 nitrogen and oxygen atoms in total. The SMILES string of the molecule is [2H]C([2H])([2H])C(c1cc(-c2cc(-c3cc(C(C)(C)C)cc(C(C)(C)C)c3)cc3c4ccccc4c4ccccc4c4cccc5c4n(c23)CN5c2cccc(Oc3ccc4c5ccccc5n(-c5cc(C(C)(C)C)ccn5)c4c3)c2)cc(C(C)(C)C)c1)(C([2H])([2H])[2H])C([2H])([2H])[2H]. The Kier molecular flexibility index (Phi) is 10.7. The summed E-state index contributed by atoms with van der Waals surface area (Å²) in [5.74, 6) is 2.09. The van der Waals surface area contributed by atoms with Crippen molar-refractivity contribution in [1.29, 1.82) is 0 Å². The van der Waals surface area contributed by atoms with Crippen LogP contribution in [0.3, 0.4) is 0 Å². The Labute approximate surface area is 515 Å². The third kappa shape index (κ3) is 9.99. The lowest BCUT2D eigenvalue weighted by molar-refractivity contribution is 0.483. The zero-order valence-electron chi connectivity index (χ0n) is 60.0. The zero-order chi connectivity index (χ0) is 67.2. The number of ether oxygens (including phenoxy) is 1. The molecule has 5 heteroatoms. The highest BCUT2D eigenvalue weighted by Gasteiger charge is 2.29. The van der Waals surface area contributed by atoms with Crippen molar-refractivity contribution in [1.82, 2.24) is 14.1 Å². The van der Waals surface area contributed by atoms with Crippen LogP contribution in [0, 0.1) is 0 Å². The fourth-order valence-corrected chi connectivity index (χ4v) is 12.6. The van der Waals surface area contributed by atoms with Crippen molar-refractivity contribution in [2.75, 3.05) is 4.90 Å². The Morgan fingerprint density at radius 1 is 0.388 bits per heavy atom. The quantitative estimate of drug-likeness (QED) is 0.166. The van der Waals surface area contributed by atoms with Crippen molar-refractivity contribution < 1.29 is 17.1 Å². The second kappa shape index (κ2) is 20.0. The first-order valence-electron chi connectivity index (χ1n) is 34.2. The fourth-order valence-electron chi connectivity index (χ4n) is 12.6. The van der Waals surface area contributed by atoms with Crippen LogP contribution < -0.4 is 9.64 Å². The number of anilines is 2. The molecule has 0 saturated heterocycles. The first kappa shape index (κ1) is 45.7. The number of hydrogen-bond acceptors (Lipinski definition) is 3. The number of fused-ring (bicyclic) bond motifs is 10. The summed E-state index contributed by atoms with van der Waals surface area (Å²) >= 11 is 0. The van der Waals surface area contributed by atoms with Gasteiger partial charge in [0.15, 0.2) is 0 Å². The maximum Gasteiger partial charge on any atom is 0.137 e. The molecule has 0 aliphatic carbocycles. The van der Waals surface area contributed by atoms with E-state index in [1.54, 1.807) is 6.07 Å². The first-order chi connectivity index (χ1) is 44.0. The molecular formula is C80H80N4O. The van der Waals surface area contributed by atoms with Crippen molar-refractivity contribution in [2.45, 2.75) is 137 Å². The lowest BCUT2D eigenvalue weighted by Gasteiger charge is -2.27. The van der Waals surface area contributed by atoms with Crippen molar-refractivity contribution >= 4 is 76.5 Å². The normalized spacial score (nSPS) is 15.3. The molecular weight excluding hydrogens is 1030 g/mol. The molecule has 0 amide bonds. The monoisotopic (exact) mass is 1120 g/mol. The standard InChI is InChI=1S/C80H80N4O/c1-76(2,3)53-36-37-81-73(46-53)84-70-32-21-20-30-65(70)66-35-34-60(48-72(66)84)85-59-25-22-24-58(47-59)82-49-83-74-68(52-40-56(79(10,11)12)45-57(41-52)80(13,14)15)42-51(50-38-54(77(4,5)6)44-55(39-50)78(7,8)9)43-69(74)64-29-19-17-27-62(64)61-26-16-18-28-63(61)67-31-23-33-71(82)75(67)83/h16-48H,49H2,1-15H3/i10D3,11D3,12D3. The Bertz CT molecular complexity index is 5040. The van der Waals surface area contributed by atoms with Crippen molar-refractivity contribution in [3.05, 3.63) is 228 Å². The van der Waals surface area contributed by atoms with E-state index in [4.69, 9.17) is 22.1 Å². The predicted octanol–water partition coefficient (Wildman–Crippen LogP) is 22.4. The van der Waals surface area contributed by atoms with E-state index in [2.05, 4.69) is 234 Å². The fraction of sp³-hybridized carbons (Fsp3) is 0.263. The topological polar surface area (TPSA) is 35.2 Å². The first-order valence-corrected chi connectivity index (χ1v) is 29.7. The van der Waals surface area contributed by atoms with Crippen molar-refractivity contribution in [3.63, 3.8) is 0 Å². The number of rotatable bonds is 6. The molecule has 0 saturated carbocycles. The molecule has 1 aliphatic heterocycles. The van der Waals surface area contributed by atoms with Crippen LogP contribution in [0.1, 0.15) is 144 Å². The van der Waals surface area contributed by atoms with Gasteiger partial charge < -0.3 is 14.2 Å². The van der Waals surface area contributed by atoms with Gasteiger partial charge in [0, 0.05) is 63.5 Å². The van der Waals surface area contributed by atoms with Crippen LogP contribution in [0.25, 0.3) is 93.2 Å². The zero-order valence-corrected chi connectivity index (χ0v) is 51.0. The minimum Gasteiger partial charge on any atom is -0.457 e.